The third-order valence-electron chi connectivity index (χ3n) is 4.62. The molecule has 0 radical (unpaired) electrons. The van der Waals surface area contributed by atoms with E-state index in [1.54, 1.807) is 0 Å². The number of ether oxygens (including phenoxy) is 1. The fraction of sp³-hybridized carbons (Fsp3) is 0.650. The lowest BCUT2D eigenvalue weighted by atomic mass is 10.3. The fourth-order valence-corrected chi connectivity index (χ4v) is 3.89. The third kappa shape index (κ3) is 8.58. The first kappa shape index (κ1) is 22.8. The van der Waals surface area contributed by atoms with E-state index in [1.165, 1.54) is 30.6 Å². The van der Waals surface area contributed by atoms with Crippen LogP contribution in [0.3, 0.4) is 0 Å². The molecule has 3 rings (SSSR count). The molecule has 27 heavy (non-hydrogen) atoms. The molecule has 0 aromatic heterocycles. The lowest BCUT2D eigenvalue weighted by Crippen LogP contribution is -2.42. The highest BCUT2D eigenvalue weighted by Gasteiger charge is 2.43. The van der Waals surface area contributed by atoms with Crippen LogP contribution in [0.15, 0.2) is 40.2 Å². The smallest absolute Gasteiger partial charge is 0.191 e. The molecule has 2 fully saturated rings. The second-order valence-electron chi connectivity index (χ2n) is 7.31. The Balaban J connectivity index is 0.00000261. The van der Waals surface area contributed by atoms with Crippen LogP contribution in [-0.2, 0) is 4.74 Å². The van der Waals surface area contributed by atoms with Crippen molar-refractivity contribution in [1.29, 1.82) is 0 Å². The van der Waals surface area contributed by atoms with Gasteiger partial charge >= 0.3 is 0 Å². The standard InChI is InChI=1S/C20H31N3O2S.HI/c1-2-21-19(22-12-17(24)14-25-13-16-8-9-16)23-15-20(10-11-20)26-18-6-4-3-5-7-18;/h3-7,16-17,24H,2,8-15H2,1H3,(H2,21,22,23);1H. The van der Waals surface area contributed by atoms with E-state index in [0.717, 1.165) is 31.6 Å². The SMILES string of the molecule is CCNC(=NCC1(Sc2ccccc2)CC1)NCC(O)COCC1CC1.I. The molecule has 1 unspecified atom stereocenters. The highest BCUT2D eigenvalue weighted by atomic mass is 127. The van der Waals surface area contributed by atoms with Gasteiger partial charge in [-0.15, -0.1) is 35.7 Å². The summed E-state index contributed by atoms with van der Waals surface area (Å²) < 4.78 is 5.78. The zero-order valence-corrected chi connectivity index (χ0v) is 19.2. The fourth-order valence-electron chi connectivity index (χ4n) is 2.66. The van der Waals surface area contributed by atoms with Crippen molar-refractivity contribution in [3.63, 3.8) is 0 Å². The number of aliphatic imine (C=N–C) groups is 1. The van der Waals surface area contributed by atoms with E-state index in [-0.39, 0.29) is 28.7 Å². The number of rotatable bonds is 11. The van der Waals surface area contributed by atoms with Crippen LogP contribution in [0.4, 0.5) is 0 Å². The van der Waals surface area contributed by atoms with Crippen LogP contribution in [0.2, 0.25) is 0 Å². The Kier molecular flexibility index (Phi) is 9.69. The van der Waals surface area contributed by atoms with Crippen molar-refractivity contribution in [1.82, 2.24) is 10.6 Å². The topological polar surface area (TPSA) is 65.9 Å². The van der Waals surface area contributed by atoms with Crippen LogP contribution in [0.5, 0.6) is 0 Å². The second kappa shape index (κ2) is 11.5. The summed E-state index contributed by atoms with van der Waals surface area (Å²) in [6, 6.07) is 10.5. The maximum absolute atomic E-state index is 10.1. The summed E-state index contributed by atoms with van der Waals surface area (Å²) in [6.45, 7) is 5.27. The highest BCUT2D eigenvalue weighted by molar-refractivity contribution is 14.0. The molecule has 2 saturated carbocycles. The first-order valence-electron chi connectivity index (χ1n) is 9.71. The van der Waals surface area contributed by atoms with Crippen molar-refractivity contribution in [2.24, 2.45) is 10.9 Å². The summed E-state index contributed by atoms with van der Waals surface area (Å²) >= 11 is 1.93. The molecule has 0 heterocycles. The Bertz CT molecular complexity index is 580. The second-order valence-corrected chi connectivity index (χ2v) is 8.85. The molecular weight excluding hydrogens is 473 g/mol. The molecule has 0 bridgehead atoms. The number of aliphatic hydroxyl groups is 1. The van der Waals surface area contributed by atoms with E-state index in [2.05, 4.69) is 47.9 Å². The normalized spacial score (nSPS) is 19.1. The third-order valence-corrected chi connectivity index (χ3v) is 6.10. The molecule has 1 atom stereocenters. The predicted molar refractivity (Wildman–Crippen MR) is 123 cm³/mol. The minimum Gasteiger partial charge on any atom is -0.389 e. The molecule has 0 aliphatic heterocycles. The van der Waals surface area contributed by atoms with Crippen molar-refractivity contribution >= 4 is 41.7 Å². The Hall–Kier alpha value is -0.510. The van der Waals surface area contributed by atoms with E-state index in [9.17, 15) is 5.11 Å². The number of guanidine groups is 1. The minimum absolute atomic E-state index is 0. The van der Waals surface area contributed by atoms with Gasteiger partial charge in [0.2, 0.25) is 0 Å². The predicted octanol–water partition coefficient (Wildman–Crippen LogP) is 3.27. The van der Waals surface area contributed by atoms with Gasteiger partial charge < -0.3 is 20.5 Å². The largest absolute Gasteiger partial charge is 0.389 e. The van der Waals surface area contributed by atoms with Crippen LogP contribution in [0.25, 0.3) is 0 Å². The Morgan fingerprint density at radius 2 is 2.04 bits per heavy atom. The van der Waals surface area contributed by atoms with Crippen LogP contribution >= 0.6 is 35.7 Å². The summed E-state index contributed by atoms with van der Waals surface area (Å²) in [4.78, 5) is 6.06. The highest BCUT2D eigenvalue weighted by Crippen LogP contribution is 2.51. The maximum Gasteiger partial charge on any atom is 0.191 e. The lowest BCUT2D eigenvalue weighted by molar-refractivity contribution is 0.0345. The molecule has 3 N–H and O–H groups in total. The number of halogens is 1. The minimum atomic E-state index is -0.508. The zero-order chi connectivity index (χ0) is 18.2. The van der Waals surface area contributed by atoms with Crippen molar-refractivity contribution in [3.8, 4) is 0 Å². The van der Waals surface area contributed by atoms with Gasteiger partial charge in [-0.3, -0.25) is 4.99 Å². The Morgan fingerprint density at radius 1 is 1.30 bits per heavy atom. The average molecular weight is 505 g/mol. The molecule has 7 heteroatoms. The molecule has 2 aliphatic carbocycles. The van der Waals surface area contributed by atoms with E-state index in [0.29, 0.717) is 13.2 Å². The van der Waals surface area contributed by atoms with Gasteiger partial charge in [-0.05, 0) is 50.7 Å². The first-order chi connectivity index (χ1) is 12.7. The van der Waals surface area contributed by atoms with Gasteiger partial charge in [0.25, 0.3) is 0 Å². The van der Waals surface area contributed by atoms with Crippen molar-refractivity contribution in [2.45, 2.75) is 48.4 Å². The number of aliphatic hydroxyl groups excluding tert-OH is 1. The van der Waals surface area contributed by atoms with Crippen LogP contribution < -0.4 is 10.6 Å². The van der Waals surface area contributed by atoms with Gasteiger partial charge in [0.1, 0.15) is 0 Å². The quantitative estimate of drug-likeness (QED) is 0.245. The summed E-state index contributed by atoms with van der Waals surface area (Å²) in [6.07, 6.45) is 4.44. The van der Waals surface area contributed by atoms with E-state index >= 15 is 0 Å². The molecule has 2 aliphatic rings. The number of benzene rings is 1. The van der Waals surface area contributed by atoms with Crippen molar-refractivity contribution in [2.75, 3.05) is 32.8 Å². The molecule has 1 aromatic carbocycles. The molecular formula is C20H32IN3O2S. The monoisotopic (exact) mass is 505 g/mol. The number of nitrogens with zero attached hydrogens (tertiary/aromatic N) is 1. The average Bonchev–Trinajstić information content (AvgIpc) is 3.56. The Morgan fingerprint density at radius 3 is 2.67 bits per heavy atom. The van der Waals surface area contributed by atoms with Gasteiger partial charge in [0.15, 0.2) is 5.96 Å². The summed E-state index contributed by atoms with van der Waals surface area (Å²) in [7, 11) is 0. The molecule has 5 nitrogen and oxygen atoms in total. The summed E-state index contributed by atoms with van der Waals surface area (Å²) in [5.74, 6) is 1.50. The molecule has 152 valence electrons. The summed E-state index contributed by atoms with van der Waals surface area (Å²) in [5, 5.41) is 16.6. The summed E-state index contributed by atoms with van der Waals surface area (Å²) in [5.41, 5.74) is 0. The first-order valence-corrected chi connectivity index (χ1v) is 10.5. The van der Waals surface area contributed by atoms with Crippen LogP contribution in [0.1, 0.15) is 32.6 Å². The van der Waals surface area contributed by atoms with E-state index < -0.39 is 6.10 Å². The maximum atomic E-state index is 10.1. The lowest BCUT2D eigenvalue weighted by Gasteiger charge is -2.17. The van der Waals surface area contributed by atoms with Crippen molar-refractivity contribution < 1.29 is 9.84 Å². The molecule has 0 spiro atoms. The number of nitrogens with one attached hydrogen (secondary N) is 2. The van der Waals surface area contributed by atoms with Gasteiger partial charge in [0.05, 0.1) is 19.3 Å². The molecule has 1 aromatic rings. The van der Waals surface area contributed by atoms with Gasteiger partial charge in [-0.2, -0.15) is 0 Å². The number of thioether (sulfide) groups is 1. The number of hydrogen-bond acceptors (Lipinski definition) is 4. The van der Waals surface area contributed by atoms with Gasteiger partial charge in [-0.1, -0.05) is 18.2 Å². The van der Waals surface area contributed by atoms with Gasteiger partial charge in [0, 0.05) is 29.3 Å². The van der Waals surface area contributed by atoms with Crippen LogP contribution in [0, 0.1) is 5.92 Å². The zero-order valence-electron chi connectivity index (χ0n) is 16.0. The van der Waals surface area contributed by atoms with E-state index in [4.69, 9.17) is 9.73 Å². The van der Waals surface area contributed by atoms with E-state index in [1.807, 2.05) is 11.8 Å². The molecule has 0 saturated heterocycles. The molecule has 0 amide bonds. The van der Waals surface area contributed by atoms with Crippen LogP contribution in [-0.4, -0.2) is 54.8 Å². The number of hydrogen-bond donors (Lipinski definition) is 3. The van der Waals surface area contributed by atoms with Crippen molar-refractivity contribution in [3.05, 3.63) is 30.3 Å². The Labute approximate surface area is 184 Å². The van der Waals surface area contributed by atoms with Gasteiger partial charge in [-0.25, -0.2) is 0 Å².